The largest absolute Gasteiger partial charge is 0.282 e. The van der Waals surface area contributed by atoms with Crippen LogP contribution in [0.2, 0.25) is 0 Å². The van der Waals surface area contributed by atoms with Crippen molar-refractivity contribution in [3.63, 3.8) is 0 Å². The smallest absolute Gasteiger partial charge is 0.272 e. The maximum Gasteiger partial charge on any atom is 0.282 e. The van der Waals surface area contributed by atoms with E-state index in [0.717, 1.165) is 30.0 Å². The third-order valence-electron chi connectivity index (χ3n) is 3.47. The van der Waals surface area contributed by atoms with Gasteiger partial charge in [-0.05, 0) is 25.2 Å². The normalized spacial score (nSPS) is 25.6. The van der Waals surface area contributed by atoms with E-state index in [1.54, 1.807) is 11.7 Å². The predicted molar refractivity (Wildman–Crippen MR) is 58.7 cm³/mol. The highest BCUT2D eigenvalue weighted by molar-refractivity contribution is 5.36. The third-order valence-corrected chi connectivity index (χ3v) is 3.47. The van der Waals surface area contributed by atoms with Crippen LogP contribution >= 0.6 is 0 Å². The van der Waals surface area contributed by atoms with E-state index >= 15 is 0 Å². The highest BCUT2D eigenvalue weighted by atomic mass is 19.3. The minimum absolute atomic E-state index is 0.0212. The first kappa shape index (κ1) is 11.6. The highest BCUT2D eigenvalue weighted by Gasteiger charge is 2.46. The second kappa shape index (κ2) is 4.15. The summed E-state index contributed by atoms with van der Waals surface area (Å²) < 4.78 is 26.9. The molecule has 90 valence electrons. The topological polar surface area (TPSA) is 17.8 Å². The molecular weight excluding hydrogens is 210 g/mol. The minimum Gasteiger partial charge on any atom is -0.272 e. The Kier molecular flexibility index (Phi) is 3.00. The van der Waals surface area contributed by atoms with Crippen molar-refractivity contribution in [2.75, 3.05) is 0 Å². The van der Waals surface area contributed by atoms with Crippen LogP contribution in [0.15, 0.2) is 0 Å². The molecule has 1 heterocycles. The molecule has 16 heavy (non-hydrogen) atoms. The molecule has 2 atom stereocenters. The third kappa shape index (κ3) is 1.64. The van der Waals surface area contributed by atoms with Gasteiger partial charge in [-0.25, -0.2) is 8.78 Å². The van der Waals surface area contributed by atoms with Gasteiger partial charge in [0.2, 0.25) is 0 Å². The molecule has 1 fully saturated rings. The molecule has 3 rings (SSSR count). The Morgan fingerprint density at radius 1 is 1.38 bits per heavy atom. The average molecular weight is 228 g/mol. The van der Waals surface area contributed by atoms with E-state index in [1.165, 1.54) is 6.42 Å². The Labute approximate surface area is 94.6 Å². The maximum atomic E-state index is 12.6. The van der Waals surface area contributed by atoms with Gasteiger partial charge in [0.25, 0.3) is 6.43 Å². The summed E-state index contributed by atoms with van der Waals surface area (Å²) in [5.41, 5.74) is 1.94. The molecule has 0 spiro atoms. The first-order valence-electron chi connectivity index (χ1n) is 6.02. The van der Waals surface area contributed by atoms with E-state index in [2.05, 4.69) is 5.10 Å². The van der Waals surface area contributed by atoms with Gasteiger partial charge in [-0.2, -0.15) is 5.10 Å². The van der Waals surface area contributed by atoms with Crippen molar-refractivity contribution in [3.05, 3.63) is 17.0 Å². The quantitative estimate of drug-likeness (QED) is 0.720. The Bertz CT molecular complexity index is 385. The number of alkyl halides is 2. The van der Waals surface area contributed by atoms with Gasteiger partial charge in [0.05, 0.1) is 0 Å². The van der Waals surface area contributed by atoms with E-state index in [4.69, 9.17) is 0 Å². The molecule has 0 radical (unpaired) electrons. The van der Waals surface area contributed by atoms with Crippen LogP contribution in [0.1, 0.15) is 56.0 Å². The van der Waals surface area contributed by atoms with Gasteiger partial charge < -0.3 is 0 Å². The summed E-state index contributed by atoms with van der Waals surface area (Å²) >= 11 is 0. The van der Waals surface area contributed by atoms with Crippen molar-refractivity contribution in [3.8, 4) is 0 Å². The minimum atomic E-state index is -2.42. The molecule has 0 saturated heterocycles. The zero-order chi connectivity index (χ0) is 11.9. The SMILES string of the molecule is CC.Cn1nc(C(F)F)c2c1C1CC1CC2. The van der Waals surface area contributed by atoms with Gasteiger partial charge in [-0.3, -0.25) is 4.68 Å². The second-order valence-electron chi connectivity index (χ2n) is 4.31. The highest BCUT2D eigenvalue weighted by Crippen LogP contribution is 2.55. The fourth-order valence-corrected chi connectivity index (χ4v) is 2.73. The van der Waals surface area contributed by atoms with Crippen LogP contribution < -0.4 is 0 Å². The van der Waals surface area contributed by atoms with Crippen LogP contribution in [0, 0.1) is 5.92 Å². The first-order chi connectivity index (χ1) is 7.68. The number of fused-ring (bicyclic) bond motifs is 3. The molecule has 0 aliphatic heterocycles. The van der Waals surface area contributed by atoms with Crippen LogP contribution in [-0.2, 0) is 13.5 Å². The summed E-state index contributed by atoms with van der Waals surface area (Å²) in [6.07, 6.45) is 0.628. The standard InChI is InChI=1S/C10H12F2N2.C2H6/c1-14-9-6(8(13-14)10(11)12)3-2-5-4-7(5)9;1-2/h5,7,10H,2-4H2,1H3;1-2H3. The van der Waals surface area contributed by atoms with Gasteiger partial charge in [0.1, 0.15) is 5.69 Å². The number of hydrogen-bond acceptors (Lipinski definition) is 1. The molecule has 0 aromatic carbocycles. The molecule has 2 aliphatic rings. The number of nitrogens with zero attached hydrogens (tertiary/aromatic N) is 2. The van der Waals surface area contributed by atoms with Gasteiger partial charge in [-0.15, -0.1) is 0 Å². The molecular formula is C12H18F2N2. The lowest BCUT2D eigenvalue weighted by Crippen LogP contribution is -2.05. The van der Waals surface area contributed by atoms with Gasteiger partial charge in [0.15, 0.2) is 0 Å². The molecule has 2 aliphatic carbocycles. The molecule has 0 bridgehead atoms. The number of hydrogen-bond donors (Lipinski definition) is 0. The zero-order valence-corrected chi connectivity index (χ0v) is 10.0. The molecule has 0 N–H and O–H groups in total. The van der Waals surface area contributed by atoms with Crippen LogP contribution in [0.4, 0.5) is 8.78 Å². The van der Waals surface area contributed by atoms with E-state index in [0.29, 0.717) is 5.92 Å². The summed E-state index contributed by atoms with van der Waals surface area (Å²) in [7, 11) is 1.78. The number of aromatic nitrogens is 2. The zero-order valence-electron chi connectivity index (χ0n) is 10.0. The van der Waals surface area contributed by atoms with Crippen molar-refractivity contribution in [1.29, 1.82) is 0 Å². The van der Waals surface area contributed by atoms with E-state index in [1.807, 2.05) is 13.8 Å². The average Bonchev–Trinajstić information content (AvgIpc) is 2.99. The van der Waals surface area contributed by atoms with Crippen molar-refractivity contribution >= 4 is 0 Å². The van der Waals surface area contributed by atoms with Gasteiger partial charge >= 0.3 is 0 Å². The molecule has 0 amide bonds. The lowest BCUT2D eigenvalue weighted by Gasteiger charge is -2.11. The molecule has 1 saturated carbocycles. The van der Waals surface area contributed by atoms with Crippen LogP contribution in [-0.4, -0.2) is 9.78 Å². The fraction of sp³-hybridized carbons (Fsp3) is 0.750. The summed E-state index contributed by atoms with van der Waals surface area (Å²) in [4.78, 5) is 0. The maximum absolute atomic E-state index is 12.6. The van der Waals surface area contributed by atoms with Crippen LogP contribution in [0.3, 0.4) is 0 Å². The number of aryl methyl sites for hydroxylation is 1. The summed E-state index contributed by atoms with van der Waals surface area (Å²) in [6.45, 7) is 4.00. The summed E-state index contributed by atoms with van der Waals surface area (Å²) in [6, 6.07) is 0. The Morgan fingerprint density at radius 3 is 2.69 bits per heavy atom. The van der Waals surface area contributed by atoms with Crippen LogP contribution in [0.5, 0.6) is 0 Å². The van der Waals surface area contributed by atoms with Gasteiger partial charge in [0, 0.05) is 24.2 Å². The number of halogens is 2. The molecule has 4 heteroatoms. The Hall–Kier alpha value is -0.930. The Morgan fingerprint density at radius 2 is 2.06 bits per heavy atom. The van der Waals surface area contributed by atoms with Crippen molar-refractivity contribution in [2.45, 2.75) is 45.5 Å². The lowest BCUT2D eigenvalue weighted by atomic mass is 9.96. The van der Waals surface area contributed by atoms with Crippen molar-refractivity contribution in [2.24, 2.45) is 13.0 Å². The lowest BCUT2D eigenvalue weighted by molar-refractivity contribution is 0.144. The molecule has 1 aromatic heterocycles. The molecule has 1 aromatic rings. The number of rotatable bonds is 1. The van der Waals surface area contributed by atoms with Crippen molar-refractivity contribution in [1.82, 2.24) is 9.78 Å². The first-order valence-corrected chi connectivity index (χ1v) is 6.02. The molecule has 2 nitrogen and oxygen atoms in total. The summed E-state index contributed by atoms with van der Waals surface area (Å²) in [5, 5.41) is 3.94. The van der Waals surface area contributed by atoms with E-state index in [9.17, 15) is 8.78 Å². The Balaban J connectivity index is 0.000000457. The van der Waals surface area contributed by atoms with Crippen LogP contribution in [0.25, 0.3) is 0 Å². The summed E-state index contributed by atoms with van der Waals surface area (Å²) in [5.74, 6) is 1.28. The fourth-order valence-electron chi connectivity index (χ4n) is 2.73. The molecule has 2 unspecified atom stereocenters. The predicted octanol–water partition coefficient (Wildman–Crippen LogP) is 3.43. The second-order valence-corrected chi connectivity index (χ2v) is 4.31. The monoisotopic (exact) mass is 228 g/mol. The van der Waals surface area contributed by atoms with Gasteiger partial charge in [-0.1, -0.05) is 13.8 Å². The van der Waals surface area contributed by atoms with Crippen molar-refractivity contribution < 1.29 is 8.78 Å². The van der Waals surface area contributed by atoms with E-state index < -0.39 is 6.43 Å². The van der Waals surface area contributed by atoms with E-state index in [-0.39, 0.29) is 5.69 Å².